The molecular weight excluding hydrogens is 292 g/mol. The van der Waals surface area contributed by atoms with Gasteiger partial charge in [-0.2, -0.15) is 4.98 Å². The highest BCUT2D eigenvalue weighted by Gasteiger charge is 2.21. The number of aryl methyl sites for hydroxylation is 2. The number of nitrogens with two attached hydrogens (primary N) is 1. The van der Waals surface area contributed by atoms with Gasteiger partial charge in [0.2, 0.25) is 11.8 Å². The van der Waals surface area contributed by atoms with Crippen LogP contribution in [0.25, 0.3) is 0 Å². The molecule has 0 bridgehead atoms. The molecule has 0 spiro atoms. The van der Waals surface area contributed by atoms with Gasteiger partial charge in [-0.3, -0.25) is 4.79 Å². The zero-order valence-electron chi connectivity index (χ0n) is 12.2. The van der Waals surface area contributed by atoms with Crippen LogP contribution in [0.3, 0.4) is 0 Å². The van der Waals surface area contributed by atoms with E-state index in [-0.39, 0.29) is 24.9 Å². The first-order valence-electron chi connectivity index (χ1n) is 6.33. The van der Waals surface area contributed by atoms with Crippen molar-refractivity contribution in [1.29, 1.82) is 0 Å². The molecule has 1 atom stereocenters. The van der Waals surface area contributed by atoms with E-state index in [2.05, 4.69) is 10.1 Å². The zero-order valence-corrected chi connectivity index (χ0v) is 13.1. The third-order valence-electron chi connectivity index (χ3n) is 3.03. The van der Waals surface area contributed by atoms with Crippen molar-refractivity contribution in [2.45, 2.75) is 26.4 Å². The van der Waals surface area contributed by atoms with Gasteiger partial charge in [0.15, 0.2) is 5.82 Å². The van der Waals surface area contributed by atoms with Gasteiger partial charge >= 0.3 is 0 Å². The summed E-state index contributed by atoms with van der Waals surface area (Å²) in [5.74, 6) is 0.759. The minimum atomic E-state index is -0.686. The largest absolute Gasteiger partial charge is 0.340 e. The van der Waals surface area contributed by atoms with Crippen LogP contribution >= 0.6 is 12.4 Å². The number of hydrogen-bond donors (Lipinski definition) is 1. The summed E-state index contributed by atoms with van der Waals surface area (Å²) in [6.45, 7) is 3.97. The molecule has 1 amide bonds. The van der Waals surface area contributed by atoms with Gasteiger partial charge in [-0.1, -0.05) is 35.0 Å². The molecule has 2 rings (SSSR count). The molecule has 0 saturated heterocycles. The number of halogens is 1. The third-order valence-corrected chi connectivity index (χ3v) is 3.03. The van der Waals surface area contributed by atoms with Crippen LogP contribution in [0.5, 0.6) is 0 Å². The molecule has 0 saturated carbocycles. The van der Waals surface area contributed by atoms with E-state index in [1.165, 1.54) is 4.90 Å². The average molecular weight is 311 g/mol. The fourth-order valence-electron chi connectivity index (χ4n) is 1.85. The molecule has 114 valence electrons. The molecule has 0 aliphatic rings. The van der Waals surface area contributed by atoms with E-state index in [4.69, 9.17) is 10.3 Å². The van der Waals surface area contributed by atoms with E-state index < -0.39 is 6.04 Å². The minimum Gasteiger partial charge on any atom is -0.340 e. The predicted molar refractivity (Wildman–Crippen MR) is 80.9 cm³/mol. The van der Waals surface area contributed by atoms with Crippen LogP contribution in [0.4, 0.5) is 0 Å². The van der Waals surface area contributed by atoms with Crippen molar-refractivity contribution in [1.82, 2.24) is 15.0 Å². The first-order chi connectivity index (χ1) is 9.47. The maximum Gasteiger partial charge on any atom is 0.244 e. The van der Waals surface area contributed by atoms with Crippen LogP contribution in [-0.4, -0.2) is 28.0 Å². The Bertz CT molecular complexity index is 597. The number of aromatic nitrogens is 2. The molecule has 1 aromatic heterocycles. The Morgan fingerprint density at radius 3 is 2.48 bits per heavy atom. The van der Waals surface area contributed by atoms with Crippen LogP contribution in [0.1, 0.15) is 28.9 Å². The van der Waals surface area contributed by atoms with E-state index in [9.17, 15) is 4.79 Å². The third kappa shape index (κ3) is 4.27. The minimum absolute atomic E-state index is 0. The number of likely N-dealkylation sites (N-methyl/N-ethyl adjacent to an activating group) is 1. The molecule has 1 heterocycles. The Hall–Kier alpha value is -1.92. The summed E-state index contributed by atoms with van der Waals surface area (Å²) >= 11 is 0. The Balaban J connectivity index is 0.00000220. The molecule has 6 nitrogen and oxygen atoms in total. The van der Waals surface area contributed by atoms with Crippen LogP contribution in [0, 0.1) is 13.8 Å². The number of benzene rings is 1. The molecule has 1 unspecified atom stereocenters. The Kier molecular flexibility index (Phi) is 5.87. The number of carbonyl (C=O) groups is 1. The highest BCUT2D eigenvalue weighted by molar-refractivity contribution is 5.85. The summed E-state index contributed by atoms with van der Waals surface area (Å²) in [5.41, 5.74) is 7.91. The Labute approximate surface area is 129 Å². The van der Waals surface area contributed by atoms with Crippen LogP contribution in [-0.2, 0) is 11.3 Å². The predicted octanol–water partition coefficient (Wildman–Crippen LogP) is 1.77. The summed E-state index contributed by atoms with van der Waals surface area (Å²) in [6, 6.07) is 6.92. The smallest absolute Gasteiger partial charge is 0.244 e. The van der Waals surface area contributed by atoms with Crippen molar-refractivity contribution in [3.05, 3.63) is 47.1 Å². The monoisotopic (exact) mass is 310 g/mol. The van der Waals surface area contributed by atoms with Crippen molar-refractivity contribution in [3.8, 4) is 0 Å². The second kappa shape index (κ2) is 7.19. The molecule has 0 aliphatic heterocycles. The Morgan fingerprint density at radius 2 is 1.95 bits per heavy atom. The van der Waals surface area contributed by atoms with E-state index in [0.29, 0.717) is 11.7 Å². The SMILES string of the molecule is Cc1ccc(C(N)C(=O)N(C)Cc2noc(C)n2)cc1.Cl. The van der Waals surface area contributed by atoms with Gasteiger partial charge < -0.3 is 15.2 Å². The molecule has 7 heteroatoms. The number of rotatable bonds is 4. The van der Waals surface area contributed by atoms with E-state index >= 15 is 0 Å². The van der Waals surface area contributed by atoms with Gasteiger partial charge in [0.25, 0.3) is 0 Å². The molecular formula is C14H19ClN4O2. The van der Waals surface area contributed by atoms with Gasteiger partial charge in [-0.25, -0.2) is 0 Å². The first-order valence-corrected chi connectivity index (χ1v) is 6.33. The molecule has 2 N–H and O–H groups in total. The molecule has 0 radical (unpaired) electrons. The maximum absolute atomic E-state index is 12.3. The van der Waals surface area contributed by atoms with E-state index in [1.807, 2.05) is 31.2 Å². The van der Waals surface area contributed by atoms with Crippen molar-refractivity contribution in [2.24, 2.45) is 5.73 Å². The quantitative estimate of drug-likeness (QED) is 0.930. The lowest BCUT2D eigenvalue weighted by Gasteiger charge is -2.20. The fraction of sp³-hybridized carbons (Fsp3) is 0.357. The second-order valence-electron chi connectivity index (χ2n) is 4.81. The zero-order chi connectivity index (χ0) is 14.7. The summed E-state index contributed by atoms with van der Waals surface area (Å²) in [4.78, 5) is 17.8. The fourth-order valence-corrected chi connectivity index (χ4v) is 1.85. The van der Waals surface area contributed by atoms with Gasteiger partial charge in [0, 0.05) is 14.0 Å². The van der Waals surface area contributed by atoms with Gasteiger partial charge in [-0.15, -0.1) is 12.4 Å². The van der Waals surface area contributed by atoms with Gasteiger partial charge in [-0.05, 0) is 12.5 Å². The highest BCUT2D eigenvalue weighted by Crippen LogP contribution is 2.14. The lowest BCUT2D eigenvalue weighted by Crippen LogP contribution is -2.35. The van der Waals surface area contributed by atoms with Crippen LogP contribution < -0.4 is 5.73 Å². The summed E-state index contributed by atoms with van der Waals surface area (Å²) in [6.07, 6.45) is 0. The Morgan fingerprint density at radius 1 is 1.33 bits per heavy atom. The molecule has 0 aliphatic carbocycles. The summed E-state index contributed by atoms with van der Waals surface area (Å²) in [7, 11) is 1.67. The lowest BCUT2D eigenvalue weighted by molar-refractivity contribution is -0.132. The second-order valence-corrected chi connectivity index (χ2v) is 4.81. The normalized spacial score (nSPS) is 11.6. The topological polar surface area (TPSA) is 85.3 Å². The van der Waals surface area contributed by atoms with E-state index in [0.717, 1.165) is 11.1 Å². The van der Waals surface area contributed by atoms with E-state index in [1.54, 1.807) is 14.0 Å². The van der Waals surface area contributed by atoms with Crippen molar-refractivity contribution >= 4 is 18.3 Å². The number of carbonyl (C=O) groups excluding carboxylic acids is 1. The van der Waals surface area contributed by atoms with Crippen LogP contribution in [0.15, 0.2) is 28.8 Å². The standard InChI is InChI=1S/C14H18N4O2.ClH/c1-9-4-6-11(7-5-9)13(15)14(19)18(3)8-12-16-10(2)20-17-12;/h4-7,13H,8,15H2,1-3H3;1H. The lowest BCUT2D eigenvalue weighted by atomic mass is 10.0. The number of hydrogen-bond acceptors (Lipinski definition) is 5. The molecule has 0 fully saturated rings. The number of amides is 1. The average Bonchev–Trinajstić information content (AvgIpc) is 2.83. The summed E-state index contributed by atoms with van der Waals surface area (Å²) < 4.78 is 4.87. The summed E-state index contributed by atoms with van der Waals surface area (Å²) in [5, 5.41) is 3.76. The highest BCUT2D eigenvalue weighted by atomic mass is 35.5. The van der Waals surface area contributed by atoms with Crippen molar-refractivity contribution in [2.75, 3.05) is 7.05 Å². The first kappa shape index (κ1) is 17.1. The maximum atomic E-state index is 12.3. The van der Waals surface area contributed by atoms with Gasteiger partial charge in [0.1, 0.15) is 6.04 Å². The van der Waals surface area contributed by atoms with Crippen molar-refractivity contribution < 1.29 is 9.32 Å². The molecule has 21 heavy (non-hydrogen) atoms. The number of nitrogens with zero attached hydrogens (tertiary/aromatic N) is 3. The van der Waals surface area contributed by atoms with Crippen molar-refractivity contribution in [3.63, 3.8) is 0 Å². The molecule has 1 aromatic carbocycles. The molecule has 2 aromatic rings. The van der Waals surface area contributed by atoms with Crippen LogP contribution in [0.2, 0.25) is 0 Å². The van der Waals surface area contributed by atoms with Gasteiger partial charge in [0.05, 0.1) is 6.54 Å².